The Kier molecular flexibility index (Phi) is 10.1. The highest BCUT2D eigenvalue weighted by molar-refractivity contribution is 7.80. The van der Waals surface area contributed by atoms with E-state index in [9.17, 15) is 4.79 Å². The van der Waals surface area contributed by atoms with Crippen molar-refractivity contribution < 1.29 is 4.79 Å². The van der Waals surface area contributed by atoms with Crippen LogP contribution in [0, 0.1) is 5.92 Å². The summed E-state index contributed by atoms with van der Waals surface area (Å²) in [7, 11) is 0. The van der Waals surface area contributed by atoms with Crippen LogP contribution in [0.2, 0.25) is 0 Å². The second-order valence-corrected chi connectivity index (χ2v) is 4.99. The van der Waals surface area contributed by atoms with Gasteiger partial charge in [-0.3, -0.25) is 4.79 Å². The molecule has 0 bridgehead atoms. The third-order valence-corrected chi connectivity index (χ3v) is 3.12. The predicted octanol–water partition coefficient (Wildman–Crippen LogP) is 2.78. The number of nitrogens with one attached hydrogen (secondary N) is 1. The van der Waals surface area contributed by atoms with Crippen molar-refractivity contribution >= 4 is 23.1 Å². The summed E-state index contributed by atoms with van der Waals surface area (Å²) < 4.78 is 0. The van der Waals surface area contributed by atoms with Crippen LogP contribution in [0.5, 0.6) is 0 Å². The van der Waals surface area contributed by atoms with Gasteiger partial charge in [0.15, 0.2) is 0 Å². The van der Waals surface area contributed by atoms with Crippen LogP contribution in [0.25, 0.3) is 0 Å². The van der Waals surface area contributed by atoms with Gasteiger partial charge in [0.05, 0.1) is 4.99 Å². The lowest BCUT2D eigenvalue weighted by Crippen LogP contribution is -2.31. The third-order valence-electron chi connectivity index (χ3n) is 2.92. The Hall–Kier alpha value is -0.640. The number of carbonyl (C=O) groups is 1. The zero-order chi connectivity index (χ0) is 13.1. The largest absolute Gasteiger partial charge is 0.393 e. The molecule has 0 aromatic carbocycles. The maximum Gasteiger partial charge on any atom is 0.223 e. The van der Waals surface area contributed by atoms with E-state index in [2.05, 4.69) is 19.2 Å². The van der Waals surface area contributed by atoms with Crippen molar-refractivity contribution in [1.82, 2.24) is 5.32 Å². The van der Waals surface area contributed by atoms with Crippen molar-refractivity contribution in [3.63, 3.8) is 0 Å². The minimum Gasteiger partial charge on any atom is -0.393 e. The molecule has 0 aromatic rings. The lowest BCUT2D eigenvalue weighted by atomic mass is 9.98. The van der Waals surface area contributed by atoms with Gasteiger partial charge in [-0.2, -0.15) is 0 Å². The van der Waals surface area contributed by atoms with E-state index in [1.165, 1.54) is 0 Å². The summed E-state index contributed by atoms with van der Waals surface area (Å²) in [4.78, 5) is 12.4. The molecule has 0 heterocycles. The maximum absolute atomic E-state index is 11.8. The zero-order valence-electron chi connectivity index (χ0n) is 11.1. The second kappa shape index (κ2) is 10.5. The van der Waals surface area contributed by atoms with Crippen LogP contribution < -0.4 is 11.1 Å². The molecule has 1 atom stereocenters. The fourth-order valence-corrected chi connectivity index (χ4v) is 1.90. The Morgan fingerprint density at radius 3 is 2.53 bits per heavy atom. The molecule has 0 spiro atoms. The molecule has 3 N–H and O–H groups in total. The first-order valence-corrected chi connectivity index (χ1v) is 7.08. The van der Waals surface area contributed by atoms with E-state index >= 15 is 0 Å². The fraction of sp³-hybridized carbons (Fsp3) is 0.846. The lowest BCUT2D eigenvalue weighted by molar-refractivity contribution is -0.125. The molecule has 100 valence electrons. The molecule has 1 amide bonds. The molecule has 0 radical (unpaired) electrons. The van der Waals surface area contributed by atoms with Gasteiger partial charge in [0, 0.05) is 12.5 Å². The second-order valence-electron chi connectivity index (χ2n) is 4.46. The van der Waals surface area contributed by atoms with Crippen molar-refractivity contribution in [2.45, 2.75) is 58.8 Å². The first-order valence-electron chi connectivity index (χ1n) is 6.67. The molecular formula is C13H26N2OS. The molecule has 0 aliphatic heterocycles. The highest BCUT2D eigenvalue weighted by Gasteiger charge is 2.14. The van der Waals surface area contributed by atoms with Gasteiger partial charge < -0.3 is 11.1 Å². The standard InChI is InChI=1S/C13H26N2OS/c1-3-5-8-11(4-2)13(16)15-10-7-6-9-12(14)17/h11H,3-10H2,1-2H3,(H2,14,17)(H,15,16). The van der Waals surface area contributed by atoms with Gasteiger partial charge in [-0.25, -0.2) is 0 Å². The number of carbonyl (C=O) groups excluding carboxylic acids is 1. The predicted molar refractivity (Wildman–Crippen MR) is 77.0 cm³/mol. The SMILES string of the molecule is CCCCC(CC)C(=O)NCCCCC(N)=S. The molecule has 0 saturated heterocycles. The summed E-state index contributed by atoms with van der Waals surface area (Å²) in [6.45, 7) is 4.97. The first-order chi connectivity index (χ1) is 8.11. The van der Waals surface area contributed by atoms with E-state index < -0.39 is 0 Å². The van der Waals surface area contributed by atoms with Crippen molar-refractivity contribution in [3.8, 4) is 0 Å². The summed E-state index contributed by atoms with van der Waals surface area (Å²) in [6.07, 6.45) is 6.91. The summed E-state index contributed by atoms with van der Waals surface area (Å²) in [6, 6.07) is 0. The molecule has 0 rings (SSSR count). The van der Waals surface area contributed by atoms with Crippen LogP contribution in [0.1, 0.15) is 58.8 Å². The van der Waals surface area contributed by atoms with E-state index in [0.717, 1.165) is 51.5 Å². The number of rotatable bonds is 10. The van der Waals surface area contributed by atoms with Crippen molar-refractivity contribution in [2.24, 2.45) is 11.7 Å². The highest BCUT2D eigenvalue weighted by Crippen LogP contribution is 2.12. The van der Waals surface area contributed by atoms with Crippen LogP contribution in [0.3, 0.4) is 0 Å². The van der Waals surface area contributed by atoms with E-state index in [-0.39, 0.29) is 11.8 Å². The molecule has 0 aliphatic rings. The summed E-state index contributed by atoms with van der Waals surface area (Å²) in [5.41, 5.74) is 5.40. The van der Waals surface area contributed by atoms with Gasteiger partial charge in [-0.05, 0) is 32.1 Å². The van der Waals surface area contributed by atoms with Crippen molar-refractivity contribution in [1.29, 1.82) is 0 Å². The smallest absolute Gasteiger partial charge is 0.223 e. The molecule has 17 heavy (non-hydrogen) atoms. The van der Waals surface area contributed by atoms with E-state index in [1.54, 1.807) is 0 Å². The van der Waals surface area contributed by atoms with Gasteiger partial charge in [0.1, 0.15) is 0 Å². The number of nitrogens with two attached hydrogens (primary N) is 1. The minimum absolute atomic E-state index is 0.186. The van der Waals surface area contributed by atoms with Crippen LogP contribution in [0.4, 0.5) is 0 Å². The molecule has 4 heteroatoms. The maximum atomic E-state index is 11.8. The average molecular weight is 258 g/mol. The number of hydrogen-bond acceptors (Lipinski definition) is 2. The Balaban J connectivity index is 3.64. The summed E-state index contributed by atoms with van der Waals surface area (Å²) in [5.74, 6) is 0.391. The molecule has 3 nitrogen and oxygen atoms in total. The van der Waals surface area contributed by atoms with Gasteiger partial charge in [-0.1, -0.05) is 38.9 Å². The van der Waals surface area contributed by atoms with Crippen molar-refractivity contribution in [2.75, 3.05) is 6.54 Å². The lowest BCUT2D eigenvalue weighted by Gasteiger charge is -2.14. The highest BCUT2D eigenvalue weighted by atomic mass is 32.1. The fourth-order valence-electron chi connectivity index (χ4n) is 1.75. The van der Waals surface area contributed by atoms with Crippen LogP contribution in [-0.2, 0) is 4.79 Å². The Morgan fingerprint density at radius 2 is 2.00 bits per heavy atom. The van der Waals surface area contributed by atoms with Gasteiger partial charge in [0.2, 0.25) is 5.91 Å². The summed E-state index contributed by atoms with van der Waals surface area (Å²) in [5, 5.41) is 2.99. The van der Waals surface area contributed by atoms with Gasteiger partial charge >= 0.3 is 0 Å². The Morgan fingerprint density at radius 1 is 1.29 bits per heavy atom. The monoisotopic (exact) mass is 258 g/mol. The van der Waals surface area contributed by atoms with E-state index in [1.807, 2.05) is 0 Å². The number of hydrogen-bond donors (Lipinski definition) is 2. The first kappa shape index (κ1) is 16.4. The van der Waals surface area contributed by atoms with E-state index in [4.69, 9.17) is 18.0 Å². The minimum atomic E-state index is 0.186. The third kappa shape index (κ3) is 9.10. The average Bonchev–Trinajstić information content (AvgIpc) is 2.29. The topological polar surface area (TPSA) is 55.1 Å². The molecule has 0 saturated carbocycles. The van der Waals surface area contributed by atoms with Gasteiger partial charge in [-0.15, -0.1) is 0 Å². The number of unbranched alkanes of at least 4 members (excludes halogenated alkanes) is 2. The molecular weight excluding hydrogens is 232 g/mol. The van der Waals surface area contributed by atoms with Crippen LogP contribution in [-0.4, -0.2) is 17.4 Å². The number of thiocarbonyl (C=S) groups is 1. The molecule has 1 unspecified atom stereocenters. The Labute approximate surface area is 111 Å². The van der Waals surface area contributed by atoms with E-state index in [0.29, 0.717) is 4.99 Å². The number of amides is 1. The zero-order valence-corrected chi connectivity index (χ0v) is 11.9. The molecule has 0 aliphatic carbocycles. The quantitative estimate of drug-likeness (QED) is 0.468. The molecule has 0 aromatic heterocycles. The molecule has 0 fully saturated rings. The Bertz CT molecular complexity index is 231. The summed E-state index contributed by atoms with van der Waals surface area (Å²) >= 11 is 4.80. The van der Waals surface area contributed by atoms with Crippen LogP contribution in [0.15, 0.2) is 0 Å². The van der Waals surface area contributed by atoms with Gasteiger partial charge in [0.25, 0.3) is 0 Å². The van der Waals surface area contributed by atoms with Crippen molar-refractivity contribution in [3.05, 3.63) is 0 Å². The normalized spacial score (nSPS) is 12.1. The van der Waals surface area contributed by atoms with Crippen LogP contribution >= 0.6 is 12.2 Å².